The third-order valence-electron chi connectivity index (χ3n) is 3.56. The van der Waals surface area contributed by atoms with Gasteiger partial charge in [0.15, 0.2) is 0 Å². The molecule has 2 rings (SSSR count). The number of hydrogen-bond acceptors (Lipinski definition) is 3. The van der Waals surface area contributed by atoms with E-state index in [1.807, 2.05) is 6.92 Å². The van der Waals surface area contributed by atoms with Crippen molar-refractivity contribution in [3.05, 3.63) is 0 Å². The lowest BCUT2D eigenvalue weighted by atomic mass is 9.84. The molecule has 0 bridgehead atoms. The van der Waals surface area contributed by atoms with Crippen molar-refractivity contribution in [2.24, 2.45) is 5.92 Å². The zero-order chi connectivity index (χ0) is 11.4. The lowest BCUT2D eigenvalue weighted by Gasteiger charge is -2.28. The van der Waals surface area contributed by atoms with E-state index in [4.69, 9.17) is 9.47 Å². The van der Waals surface area contributed by atoms with Gasteiger partial charge >= 0.3 is 5.97 Å². The summed E-state index contributed by atoms with van der Waals surface area (Å²) in [7, 11) is 0. The number of hydrogen-bond donors (Lipinski definition) is 0. The van der Waals surface area contributed by atoms with E-state index in [0.717, 1.165) is 13.0 Å². The van der Waals surface area contributed by atoms with Gasteiger partial charge in [-0.2, -0.15) is 0 Å². The monoisotopic (exact) mass is 226 g/mol. The molecule has 0 amide bonds. The summed E-state index contributed by atoms with van der Waals surface area (Å²) in [5.41, 5.74) is 0. The highest BCUT2D eigenvalue weighted by atomic mass is 16.6. The smallest absolute Gasteiger partial charge is 0.306 e. The summed E-state index contributed by atoms with van der Waals surface area (Å²) in [5.74, 6) is 0.496. The number of rotatable bonds is 5. The van der Waals surface area contributed by atoms with E-state index in [-0.39, 0.29) is 18.2 Å². The van der Waals surface area contributed by atoms with Crippen LogP contribution in [0.25, 0.3) is 0 Å². The van der Waals surface area contributed by atoms with Crippen molar-refractivity contribution in [3.63, 3.8) is 0 Å². The van der Waals surface area contributed by atoms with Gasteiger partial charge in [0.05, 0.1) is 6.61 Å². The lowest BCUT2D eigenvalue weighted by molar-refractivity contribution is -0.154. The minimum absolute atomic E-state index is 0.0411. The van der Waals surface area contributed by atoms with Crippen molar-refractivity contribution in [1.82, 2.24) is 0 Å². The number of esters is 1. The zero-order valence-electron chi connectivity index (χ0n) is 10.1. The van der Waals surface area contributed by atoms with Gasteiger partial charge in [-0.25, -0.2) is 0 Å². The van der Waals surface area contributed by atoms with Gasteiger partial charge in [0, 0.05) is 6.42 Å². The molecule has 16 heavy (non-hydrogen) atoms. The van der Waals surface area contributed by atoms with Gasteiger partial charge in [0.25, 0.3) is 0 Å². The Bertz CT molecular complexity index is 229. The van der Waals surface area contributed by atoms with Crippen molar-refractivity contribution < 1.29 is 14.3 Å². The van der Waals surface area contributed by atoms with Crippen molar-refractivity contribution in [2.75, 3.05) is 6.61 Å². The minimum Gasteiger partial charge on any atom is -0.459 e. The van der Waals surface area contributed by atoms with Crippen LogP contribution in [0.3, 0.4) is 0 Å². The molecule has 3 nitrogen and oxygen atoms in total. The fraction of sp³-hybridized carbons (Fsp3) is 0.923. The number of epoxide rings is 1. The van der Waals surface area contributed by atoms with Crippen LogP contribution in [0, 0.1) is 5.92 Å². The third kappa shape index (κ3) is 3.21. The van der Waals surface area contributed by atoms with Crippen LogP contribution >= 0.6 is 0 Å². The molecule has 1 aliphatic heterocycles. The average molecular weight is 226 g/mol. The topological polar surface area (TPSA) is 38.8 Å². The van der Waals surface area contributed by atoms with Gasteiger partial charge in [-0.05, 0) is 25.2 Å². The highest BCUT2D eigenvalue weighted by molar-refractivity contribution is 5.69. The average Bonchev–Trinajstić information content (AvgIpc) is 3.11. The molecular weight excluding hydrogens is 204 g/mol. The van der Waals surface area contributed by atoms with E-state index in [2.05, 4.69) is 0 Å². The Morgan fingerprint density at radius 3 is 2.62 bits per heavy atom. The molecule has 1 saturated carbocycles. The molecule has 0 N–H and O–H groups in total. The molecule has 0 aromatic carbocycles. The first-order chi connectivity index (χ1) is 7.81. The Balaban J connectivity index is 1.86. The van der Waals surface area contributed by atoms with E-state index in [0.29, 0.717) is 12.3 Å². The largest absolute Gasteiger partial charge is 0.459 e. The maximum Gasteiger partial charge on any atom is 0.306 e. The summed E-state index contributed by atoms with van der Waals surface area (Å²) in [6, 6.07) is 0. The summed E-state index contributed by atoms with van der Waals surface area (Å²) in [4.78, 5) is 11.6. The van der Waals surface area contributed by atoms with E-state index < -0.39 is 0 Å². The fourth-order valence-electron chi connectivity index (χ4n) is 2.60. The van der Waals surface area contributed by atoms with Crippen LogP contribution in [0.4, 0.5) is 0 Å². The Morgan fingerprint density at radius 1 is 1.38 bits per heavy atom. The highest BCUT2D eigenvalue weighted by Crippen LogP contribution is 2.33. The van der Waals surface area contributed by atoms with Crippen LogP contribution in [-0.2, 0) is 14.3 Å². The molecule has 2 fully saturated rings. The van der Waals surface area contributed by atoms with Gasteiger partial charge in [0.2, 0.25) is 0 Å². The fourth-order valence-corrected chi connectivity index (χ4v) is 2.60. The summed E-state index contributed by atoms with van der Waals surface area (Å²) < 4.78 is 10.9. The highest BCUT2D eigenvalue weighted by Gasteiger charge is 2.40. The second-order valence-corrected chi connectivity index (χ2v) is 4.97. The first-order valence-corrected chi connectivity index (χ1v) is 6.62. The van der Waals surface area contributed by atoms with Crippen molar-refractivity contribution >= 4 is 5.97 Å². The van der Waals surface area contributed by atoms with Gasteiger partial charge in [-0.1, -0.05) is 26.2 Å². The van der Waals surface area contributed by atoms with Gasteiger partial charge < -0.3 is 9.47 Å². The summed E-state index contributed by atoms with van der Waals surface area (Å²) >= 11 is 0. The van der Waals surface area contributed by atoms with Crippen molar-refractivity contribution in [3.8, 4) is 0 Å². The molecule has 2 atom stereocenters. The molecule has 1 heterocycles. The molecule has 1 aliphatic carbocycles. The van der Waals surface area contributed by atoms with Gasteiger partial charge in [-0.3, -0.25) is 4.79 Å². The zero-order valence-corrected chi connectivity index (χ0v) is 10.1. The quantitative estimate of drug-likeness (QED) is 0.534. The van der Waals surface area contributed by atoms with Crippen LogP contribution in [0.2, 0.25) is 0 Å². The summed E-state index contributed by atoms with van der Waals surface area (Å²) in [5, 5.41) is 0. The predicted octanol–water partition coefficient (Wildman–Crippen LogP) is 2.68. The second kappa shape index (κ2) is 5.67. The summed E-state index contributed by atoms with van der Waals surface area (Å²) in [6.07, 6.45) is 7.92. The second-order valence-electron chi connectivity index (χ2n) is 4.97. The Hall–Kier alpha value is -0.570. The van der Waals surface area contributed by atoms with E-state index >= 15 is 0 Å². The summed E-state index contributed by atoms with van der Waals surface area (Å²) in [6.45, 7) is 2.78. The lowest BCUT2D eigenvalue weighted by Crippen LogP contribution is -2.33. The van der Waals surface area contributed by atoms with Crippen molar-refractivity contribution in [1.29, 1.82) is 0 Å². The van der Waals surface area contributed by atoms with E-state index in [1.165, 1.54) is 32.1 Å². The van der Waals surface area contributed by atoms with Crippen LogP contribution in [-0.4, -0.2) is 24.8 Å². The molecular formula is C13H22O3. The molecule has 1 saturated heterocycles. The number of carbonyl (C=O) groups excluding carboxylic acids is 1. The first-order valence-electron chi connectivity index (χ1n) is 6.62. The van der Waals surface area contributed by atoms with Crippen molar-refractivity contribution in [2.45, 2.75) is 64.1 Å². The number of carbonyl (C=O) groups is 1. The van der Waals surface area contributed by atoms with Crippen LogP contribution in [0.1, 0.15) is 51.9 Å². The maximum atomic E-state index is 11.6. The van der Waals surface area contributed by atoms with Gasteiger partial charge in [0.1, 0.15) is 12.2 Å². The Kier molecular flexibility index (Phi) is 4.22. The molecule has 0 aromatic rings. The molecule has 2 unspecified atom stereocenters. The molecule has 2 aliphatic rings. The molecule has 0 spiro atoms. The van der Waals surface area contributed by atoms with Crippen LogP contribution < -0.4 is 0 Å². The molecule has 0 aromatic heterocycles. The minimum atomic E-state index is -0.0476. The van der Waals surface area contributed by atoms with Crippen LogP contribution in [0.5, 0.6) is 0 Å². The van der Waals surface area contributed by atoms with E-state index in [9.17, 15) is 4.79 Å². The first kappa shape index (κ1) is 11.9. The van der Waals surface area contributed by atoms with E-state index in [1.54, 1.807) is 0 Å². The molecule has 3 heteroatoms. The van der Waals surface area contributed by atoms with Gasteiger partial charge in [-0.15, -0.1) is 0 Å². The predicted molar refractivity (Wildman–Crippen MR) is 61.1 cm³/mol. The SMILES string of the molecule is CCCC(=O)OC(C1CCCCC1)C1CO1. The Morgan fingerprint density at radius 2 is 2.06 bits per heavy atom. The standard InChI is InChI=1S/C13H22O3/c1-2-6-12(14)16-13(11-9-15-11)10-7-4-3-5-8-10/h10-11,13H,2-9H2,1H3. The Labute approximate surface area is 97.5 Å². The van der Waals surface area contributed by atoms with Crippen LogP contribution in [0.15, 0.2) is 0 Å². The molecule has 0 radical (unpaired) electrons. The maximum absolute atomic E-state index is 11.6. The molecule has 92 valence electrons. The normalized spacial score (nSPS) is 27.4. The number of ether oxygens (including phenoxy) is 2. The third-order valence-corrected chi connectivity index (χ3v) is 3.56.